The molecule has 174 valence electrons. The van der Waals surface area contributed by atoms with Crippen LogP contribution < -0.4 is 19.7 Å². The second-order valence-electron chi connectivity index (χ2n) is 8.62. The normalized spacial score (nSPS) is 15.5. The molecule has 6 heteroatoms. The van der Waals surface area contributed by atoms with Crippen molar-refractivity contribution < 1.29 is 14.3 Å². The molecule has 1 heterocycles. The minimum atomic E-state index is -0.152. The lowest BCUT2D eigenvalue weighted by Crippen LogP contribution is -2.48. The molecule has 1 amide bonds. The third-order valence-corrected chi connectivity index (χ3v) is 6.04. The van der Waals surface area contributed by atoms with Gasteiger partial charge in [0.2, 0.25) is 0 Å². The molecule has 1 aliphatic heterocycles. The molecule has 0 aliphatic carbocycles. The fourth-order valence-corrected chi connectivity index (χ4v) is 3.97. The zero-order valence-electron chi connectivity index (χ0n) is 20.1. The van der Waals surface area contributed by atoms with Crippen molar-refractivity contribution in [2.75, 3.05) is 44.8 Å². The van der Waals surface area contributed by atoms with Crippen LogP contribution >= 0.6 is 0 Å². The van der Waals surface area contributed by atoms with Crippen molar-refractivity contribution in [3.05, 3.63) is 53.6 Å². The molecule has 1 unspecified atom stereocenters. The molecule has 2 aromatic rings. The highest BCUT2D eigenvalue weighted by molar-refractivity contribution is 5.94. The molecular weight excluding hydrogens is 402 g/mol. The van der Waals surface area contributed by atoms with Crippen molar-refractivity contribution >= 4 is 11.6 Å². The van der Waals surface area contributed by atoms with Crippen molar-refractivity contribution in [2.24, 2.45) is 0 Å². The Morgan fingerprint density at radius 2 is 1.69 bits per heavy atom. The van der Waals surface area contributed by atoms with Crippen LogP contribution in [0.25, 0.3) is 0 Å². The van der Waals surface area contributed by atoms with E-state index in [1.165, 1.54) is 5.69 Å². The number of rotatable bonds is 9. The number of hydrogen-bond acceptors (Lipinski definition) is 5. The summed E-state index contributed by atoms with van der Waals surface area (Å²) < 4.78 is 11.2. The van der Waals surface area contributed by atoms with Crippen LogP contribution in [0.15, 0.2) is 42.5 Å². The number of ether oxygens (including phenoxy) is 2. The van der Waals surface area contributed by atoms with Crippen molar-refractivity contribution in [2.45, 2.75) is 46.2 Å². The van der Waals surface area contributed by atoms with Gasteiger partial charge in [-0.3, -0.25) is 9.69 Å². The van der Waals surface area contributed by atoms with Crippen molar-refractivity contribution in [3.63, 3.8) is 0 Å². The SMILES string of the molecule is CCCOc1ccc(C(C)NC(=O)c2ccc(N3CCN(C(C)C)CC3)cc2)cc1OC. The van der Waals surface area contributed by atoms with Gasteiger partial charge in [0.1, 0.15) is 0 Å². The molecule has 1 atom stereocenters. The second-order valence-corrected chi connectivity index (χ2v) is 8.62. The quantitative estimate of drug-likeness (QED) is 0.623. The fraction of sp³-hybridized carbons (Fsp3) is 0.500. The first-order valence-corrected chi connectivity index (χ1v) is 11.6. The molecule has 1 aliphatic rings. The lowest BCUT2D eigenvalue weighted by molar-refractivity contribution is 0.0940. The van der Waals surface area contributed by atoms with Crippen LogP contribution in [0.2, 0.25) is 0 Å². The van der Waals surface area contributed by atoms with Gasteiger partial charge in [0.15, 0.2) is 11.5 Å². The van der Waals surface area contributed by atoms with Gasteiger partial charge in [0.25, 0.3) is 5.91 Å². The lowest BCUT2D eigenvalue weighted by atomic mass is 10.1. The number of carbonyl (C=O) groups is 1. The summed E-state index contributed by atoms with van der Waals surface area (Å²) in [6.07, 6.45) is 0.935. The maximum Gasteiger partial charge on any atom is 0.251 e. The number of hydrogen-bond donors (Lipinski definition) is 1. The van der Waals surface area contributed by atoms with E-state index in [1.54, 1.807) is 7.11 Å². The van der Waals surface area contributed by atoms with Crippen LogP contribution in [0.4, 0.5) is 5.69 Å². The van der Waals surface area contributed by atoms with E-state index in [0.717, 1.165) is 43.9 Å². The lowest BCUT2D eigenvalue weighted by Gasteiger charge is -2.38. The largest absolute Gasteiger partial charge is 0.493 e. The van der Waals surface area contributed by atoms with Gasteiger partial charge in [0.05, 0.1) is 19.8 Å². The molecule has 3 rings (SSSR count). The van der Waals surface area contributed by atoms with E-state index in [-0.39, 0.29) is 11.9 Å². The van der Waals surface area contributed by atoms with E-state index < -0.39 is 0 Å². The van der Waals surface area contributed by atoms with Crippen LogP contribution in [-0.4, -0.2) is 56.7 Å². The number of piperazine rings is 1. The summed E-state index contributed by atoms with van der Waals surface area (Å²) >= 11 is 0. The summed E-state index contributed by atoms with van der Waals surface area (Å²) in [5.41, 5.74) is 2.81. The molecule has 1 fully saturated rings. The van der Waals surface area contributed by atoms with E-state index in [4.69, 9.17) is 9.47 Å². The summed E-state index contributed by atoms with van der Waals surface area (Å²) in [5.74, 6) is 1.32. The Morgan fingerprint density at radius 1 is 1.00 bits per heavy atom. The topological polar surface area (TPSA) is 54.0 Å². The smallest absolute Gasteiger partial charge is 0.251 e. The molecule has 0 spiro atoms. The third-order valence-electron chi connectivity index (χ3n) is 6.04. The monoisotopic (exact) mass is 439 g/mol. The first-order valence-electron chi connectivity index (χ1n) is 11.6. The molecule has 1 saturated heterocycles. The Hall–Kier alpha value is -2.73. The van der Waals surface area contributed by atoms with Crippen LogP contribution in [0.5, 0.6) is 11.5 Å². The van der Waals surface area contributed by atoms with Gasteiger partial charge in [-0.1, -0.05) is 13.0 Å². The van der Waals surface area contributed by atoms with E-state index in [9.17, 15) is 4.79 Å². The molecule has 2 aromatic carbocycles. The van der Waals surface area contributed by atoms with E-state index in [2.05, 4.69) is 35.9 Å². The van der Waals surface area contributed by atoms with Gasteiger partial charge in [0, 0.05) is 43.5 Å². The number of anilines is 1. The number of carbonyl (C=O) groups excluding carboxylic acids is 1. The molecule has 6 nitrogen and oxygen atoms in total. The summed E-state index contributed by atoms with van der Waals surface area (Å²) in [6, 6.07) is 14.2. The van der Waals surface area contributed by atoms with Gasteiger partial charge < -0.3 is 19.7 Å². The summed E-state index contributed by atoms with van der Waals surface area (Å²) in [5, 5.41) is 3.09. The highest BCUT2D eigenvalue weighted by atomic mass is 16.5. The fourth-order valence-electron chi connectivity index (χ4n) is 3.97. The zero-order chi connectivity index (χ0) is 23.1. The van der Waals surface area contributed by atoms with Gasteiger partial charge in [-0.05, 0) is 69.2 Å². The predicted octanol–water partition coefficient (Wildman–Crippen LogP) is 4.51. The summed E-state index contributed by atoms with van der Waals surface area (Å²) in [4.78, 5) is 17.7. The van der Waals surface area contributed by atoms with Crippen LogP contribution in [0, 0.1) is 0 Å². The van der Waals surface area contributed by atoms with Gasteiger partial charge in [-0.2, -0.15) is 0 Å². The number of nitrogens with one attached hydrogen (secondary N) is 1. The molecule has 32 heavy (non-hydrogen) atoms. The Balaban J connectivity index is 1.59. The summed E-state index contributed by atoms with van der Waals surface area (Å²) in [7, 11) is 1.63. The number of methoxy groups -OCH3 is 1. The number of nitrogens with zero attached hydrogens (tertiary/aromatic N) is 2. The third kappa shape index (κ3) is 5.94. The van der Waals surface area contributed by atoms with Crippen LogP contribution in [0.1, 0.15) is 56.1 Å². The Bertz CT molecular complexity index is 874. The van der Waals surface area contributed by atoms with Gasteiger partial charge in [-0.25, -0.2) is 0 Å². The van der Waals surface area contributed by atoms with Crippen molar-refractivity contribution in [3.8, 4) is 11.5 Å². The number of amides is 1. The molecule has 0 saturated carbocycles. The summed E-state index contributed by atoms with van der Waals surface area (Å²) in [6.45, 7) is 13.3. The molecule has 0 aromatic heterocycles. The molecule has 0 bridgehead atoms. The van der Waals surface area contributed by atoms with E-state index in [0.29, 0.717) is 24.0 Å². The Labute approximate surface area is 192 Å². The zero-order valence-corrected chi connectivity index (χ0v) is 20.1. The standard InChI is InChI=1S/C26H37N3O3/c1-6-17-32-24-12-9-22(18-25(24)31-5)20(4)27-26(30)21-7-10-23(11-8-21)29-15-13-28(14-16-29)19(2)3/h7-12,18-20H,6,13-17H2,1-5H3,(H,27,30). The molecule has 1 N–H and O–H groups in total. The minimum absolute atomic E-state index is 0.0843. The van der Waals surface area contributed by atoms with Crippen LogP contribution in [0.3, 0.4) is 0 Å². The average Bonchev–Trinajstić information content (AvgIpc) is 2.82. The maximum atomic E-state index is 12.8. The van der Waals surface area contributed by atoms with Gasteiger partial charge in [-0.15, -0.1) is 0 Å². The first kappa shape index (κ1) is 23.9. The van der Waals surface area contributed by atoms with Crippen LogP contribution in [-0.2, 0) is 0 Å². The van der Waals surface area contributed by atoms with Crippen molar-refractivity contribution in [1.82, 2.24) is 10.2 Å². The minimum Gasteiger partial charge on any atom is -0.493 e. The van der Waals surface area contributed by atoms with Gasteiger partial charge >= 0.3 is 0 Å². The van der Waals surface area contributed by atoms with E-state index >= 15 is 0 Å². The highest BCUT2D eigenvalue weighted by Gasteiger charge is 2.19. The first-order chi connectivity index (χ1) is 15.4. The number of benzene rings is 2. The molecule has 0 radical (unpaired) electrons. The molecular formula is C26H37N3O3. The predicted molar refractivity (Wildman–Crippen MR) is 130 cm³/mol. The maximum absolute atomic E-state index is 12.8. The Kier molecular flexibility index (Phi) is 8.39. The average molecular weight is 440 g/mol. The van der Waals surface area contributed by atoms with Crippen molar-refractivity contribution in [1.29, 1.82) is 0 Å². The highest BCUT2D eigenvalue weighted by Crippen LogP contribution is 2.30. The van der Waals surface area contributed by atoms with E-state index in [1.807, 2.05) is 49.4 Å². The second kappa shape index (κ2) is 11.2. The Morgan fingerprint density at radius 3 is 2.28 bits per heavy atom.